The highest BCUT2D eigenvalue weighted by Crippen LogP contribution is 2.30. The molecule has 1 saturated heterocycles. The number of carbonyl (C=O) groups is 2. The molecule has 0 aromatic heterocycles. The molecule has 3 nitrogen and oxygen atoms in total. The van der Waals surface area contributed by atoms with Gasteiger partial charge in [-0.3, -0.25) is 14.9 Å². The number of hydrogen-bond acceptors (Lipinski definition) is 2. The summed E-state index contributed by atoms with van der Waals surface area (Å²) in [6, 6.07) is 0. The molecule has 1 aliphatic heterocycles. The van der Waals surface area contributed by atoms with Gasteiger partial charge in [-0.2, -0.15) is 0 Å². The Bertz CT molecular complexity index is 320. The number of allylic oxidation sites excluding steroid dienone is 1. The second-order valence-corrected chi connectivity index (χ2v) is 4.78. The van der Waals surface area contributed by atoms with Gasteiger partial charge in [0.2, 0.25) is 5.91 Å². The zero-order chi connectivity index (χ0) is 10.8. The monoisotopic (exact) mass is 207 g/mol. The first kappa shape index (κ1) is 10.4. The maximum Gasteiger partial charge on any atom is 0.253 e. The van der Waals surface area contributed by atoms with Crippen molar-refractivity contribution in [2.24, 2.45) is 11.8 Å². The van der Waals surface area contributed by atoms with Crippen LogP contribution in [0.25, 0.3) is 0 Å². The molecule has 0 aromatic rings. The van der Waals surface area contributed by atoms with Crippen LogP contribution in [0.5, 0.6) is 0 Å². The van der Waals surface area contributed by atoms with Crippen molar-refractivity contribution in [1.82, 2.24) is 5.32 Å². The van der Waals surface area contributed by atoms with Gasteiger partial charge in [0, 0.05) is 5.57 Å². The van der Waals surface area contributed by atoms with Crippen molar-refractivity contribution >= 4 is 11.8 Å². The van der Waals surface area contributed by atoms with Crippen LogP contribution in [0.2, 0.25) is 0 Å². The summed E-state index contributed by atoms with van der Waals surface area (Å²) in [6.45, 7) is 2.25. The van der Waals surface area contributed by atoms with E-state index in [9.17, 15) is 9.59 Å². The topological polar surface area (TPSA) is 46.2 Å². The second kappa shape index (κ2) is 4.17. The normalized spacial score (nSPS) is 34.6. The number of amides is 2. The molecular formula is C12H17NO2. The molecule has 2 atom stereocenters. The number of imide groups is 1. The van der Waals surface area contributed by atoms with Crippen LogP contribution < -0.4 is 5.32 Å². The maximum absolute atomic E-state index is 11.3. The van der Waals surface area contributed by atoms with Gasteiger partial charge in [0.1, 0.15) is 0 Å². The van der Waals surface area contributed by atoms with E-state index in [-0.39, 0.29) is 18.2 Å². The lowest BCUT2D eigenvalue weighted by Crippen LogP contribution is -2.20. The first-order chi connectivity index (χ1) is 7.15. The smallest absolute Gasteiger partial charge is 0.253 e. The second-order valence-electron chi connectivity index (χ2n) is 4.78. The summed E-state index contributed by atoms with van der Waals surface area (Å²) in [5, 5.41) is 2.32. The highest BCUT2D eigenvalue weighted by molar-refractivity contribution is 6.13. The predicted octanol–water partition coefficient (Wildman–Crippen LogP) is 1.79. The molecule has 2 rings (SSSR count). The molecule has 3 heteroatoms. The van der Waals surface area contributed by atoms with Gasteiger partial charge in [-0.05, 0) is 24.7 Å². The summed E-state index contributed by atoms with van der Waals surface area (Å²) in [5.41, 5.74) is 0.680. The highest BCUT2D eigenvalue weighted by atomic mass is 16.2. The quantitative estimate of drug-likeness (QED) is 0.526. The molecular weight excluding hydrogens is 190 g/mol. The molecule has 2 amide bonds. The van der Waals surface area contributed by atoms with Crippen molar-refractivity contribution in [1.29, 1.82) is 0 Å². The molecule has 0 aromatic carbocycles. The minimum absolute atomic E-state index is 0.157. The number of nitrogens with one attached hydrogen (secondary N) is 1. The number of carbonyl (C=O) groups excluding carboxylic acids is 2. The van der Waals surface area contributed by atoms with Crippen LogP contribution in [-0.2, 0) is 9.59 Å². The Balaban J connectivity index is 2.02. The lowest BCUT2D eigenvalue weighted by molar-refractivity contribution is -0.124. The molecule has 0 bridgehead atoms. The van der Waals surface area contributed by atoms with Crippen LogP contribution in [-0.4, -0.2) is 11.8 Å². The van der Waals surface area contributed by atoms with E-state index >= 15 is 0 Å². The van der Waals surface area contributed by atoms with Crippen LogP contribution in [0.3, 0.4) is 0 Å². The number of hydrogen-bond donors (Lipinski definition) is 1. The third kappa shape index (κ3) is 2.46. The van der Waals surface area contributed by atoms with E-state index in [1.54, 1.807) is 0 Å². The van der Waals surface area contributed by atoms with Gasteiger partial charge < -0.3 is 0 Å². The average Bonchev–Trinajstić information content (AvgIpc) is 2.45. The minimum Gasteiger partial charge on any atom is -0.292 e. The van der Waals surface area contributed by atoms with Crippen molar-refractivity contribution in [3.05, 3.63) is 11.6 Å². The standard InChI is InChI=1S/C12H17NO2/c1-8-3-2-4-9(5-8)6-10-7-11(14)13-12(10)15/h6,8-9H,2-5,7H2,1H3,(H,13,14,15). The van der Waals surface area contributed by atoms with E-state index in [4.69, 9.17) is 0 Å². The van der Waals surface area contributed by atoms with Crippen molar-refractivity contribution in [3.8, 4) is 0 Å². The predicted molar refractivity (Wildman–Crippen MR) is 57.0 cm³/mol. The van der Waals surface area contributed by atoms with Crippen LogP contribution in [0.4, 0.5) is 0 Å². The summed E-state index contributed by atoms with van der Waals surface area (Å²) < 4.78 is 0. The Kier molecular flexibility index (Phi) is 2.89. The molecule has 2 aliphatic rings. The van der Waals surface area contributed by atoms with Gasteiger partial charge in [-0.25, -0.2) is 0 Å². The first-order valence-electron chi connectivity index (χ1n) is 5.70. The molecule has 1 heterocycles. The van der Waals surface area contributed by atoms with Crippen molar-refractivity contribution in [3.63, 3.8) is 0 Å². The van der Waals surface area contributed by atoms with Gasteiger partial charge >= 0.3 is 0 Å². The van der Waals surface area contributed by atoms with Gasteiger partial charge in [0.05, 0.1) is 6.42 Å². The van der Waals surface area contributed by atoms with Crippen molar-refractivity contribution in [2.75, 3.05) is 0 Å². The SMILES string of the molecule is CC1CCCC(C=C2CC(=O)NC2=O)C1. The highest BCUT2D eigenvalue weighted by Gasteiger charge is 2.26. The molecule has 0 spiro atoms. The van der Waals surface area contributed by atoms with Crippen LogP contribution in [0, 0.1) is 11.8 Å². The lowest BCUT2D eigenvalue weighted by atomic mass is 9.81. The van der Waals surface area contributed by atoms with Crippen LogP contribution >= 0.6 is 0 Å². The Morgan fingerprint density at radius 3 is 2.73 bits per heavy atom. The molecule has 0 radical (unpaired) electrons. The van der Waals surface area contributed by atoms with Gasteiger partial charge in [0.15, 0.2) is 0 Å². The zero-order valence-electron chi connectivity index (χ0n) is 9.08. The summed E-state index contributed by atoms with van der Waals surface area (Å²) >= 11 is 0. The van der Waals surface area contributed by atoms with Gasteiger partial charge in [-0.15, -0.1) is 0 Å². The van der Waals surface area contributed by atoms with Gasteiger partial charge in [-0.1, -0.05) is 25.8 Å². The average molecular weight is 207 g/mol. The third-order valence-corrected chi connectivity index (χ3v) is 3.31. The Labute approximate surface area is 89.9 Å². The maximum atomic E-state index is 11.3. The molecule has 82 valence electrons. The van der Waals surface area contributed by atoms with Gasteiger partial charge in [0.25, 0.3) is 5.91 Å². The molecule has 1 N–H and O–H groups in total. The van der Waals surface area contributed by atoms with E-state index in [1.807, 2.05) is 6.08 Å². The molecule has 15 heavy (non-hydrogen) atoms. The van der Waals surface area contributed by atoms with E-state index in [0.717, 1.165) is 18.8 Å². The third-order valence-electron chi connectivity index (χ3n) is 3.31. The fourth-order valence-electron chi connectivity index (χ4n) is 2.56. The van der Waals surface area contributed by atoms with E-state index in [0.29, 0.717) is 11.5 Å². The number of rotatable bonds is 1. The first-order valence-corrected chi connectivity index (χ1v) is 5.70. The van der Waals surface area contributed by atoms with Crippen LogP contribution in [0.15, 0.2) is 11.6 Å². The summed E-state index contributed by atoms with van der Waals surface area (Å²) in [5.74, 6) is 0.912. The Hall–Kier alpha value is -1.12. The van der Waals surface area contributed by atoms with E-state index in [2.05, 4.69) is 12.2 Å². The summed E-state index contributed by atoms with van der Waals surface area (Å²) in [4.78, 5) is 22.3. The van der Waals surface area contributed by atoms with E-state index in [1.165, 1.54) is 12.8 Å². The molecule has 1 aliphatic carbocycles. The van der Waals surface area contributed by atoms with Crippen molar-refractivity contribution in [2.45, 2.75) is 39.0 Å². The molecule has 1 saturated carbocycles. The molecule has 2 unspecified atom stereocenters. The van der Waals surface area contributed by atoms with E-state index < -0.39 is 0 Å². The molecule has 2 fully saturated rings. The Morgan fingerprint density at radius 1 is 1.33 bits per heavy atom. The summed E-state index contributed by atoms with van der Waals surface area (Å²) in [7, 11) is 0. The van der Waals surface area contributed by atoms with Crippen LogP contribution in [0.1, 0.15) is 39.0 Å². The Morgan fingerprint density at radius 2 is 2.13 bits per heavy atom. The lowest BCUT2D eigenvalue weighted by Gasteiger charge is -2.24. The summed E-state index contributed by atoms with van der Waals surface area (Å²) in [6.07, 6.45) is 7.16. The fourth-order valence-corrected chi connectivity index (χ4v) is 2.56. The van der Waals surface area contributed by atoms with Crippen molar-refractivity contribution < 1.29 is 9.59 Å². The minimum atomic E-state index is -0.182. The largest absolute Gasteiger partial charge is 0.292 e. The zero-order valence-corrected chi connectivity index (χ0v) is 9.08. The fraction of sp³-hybridized carbons (Fsp3) is 0.667.